The van der Waals surface area contributed by atoms with Gasteiger partial charge in [0.05, 0.1) is 39.9 Å². The molecule has 0 aromatic rings. The Labute approximate surface area is 434 Å². The molecule has 0 spiro atoms. The van der Waals surface area contributed by atoms with Gasteiger partial charge in [0.2, 0.25) is 5.91 Å². The number of carbonyl (C=O) groups is 1. The van der Waals surface area contributed by atoms with Crippen LogP contribution in [0.1, 0.15) is 271 Å². The van der Waals surface area contributed by atoms with Crippen LogP contribution in [0.2, 0.25) is 0 Å². The van der Waals surface area contributed by atoms with E-state index < -0.39 is 26.6 Å². The Morgan fingerprint density at radius 1 is 0.500 bits per heavy atom. The first-order chi connectivity index (χ1) is 34.0. The Bertz CT molecular complexity index is 1320. The zero-order valence-corrected chi connectivity index (χ0v) is 47.6. The number of amides is 1. The largest absolute Gasteiger partial charge is 0.756 e. The van der Waals surface area contributed by atoms with Crippen LogP contribution in [0, 0.1) is 0 Å². The molecule has 0 saturated carbocycles. The number of aliphatic hydroxyl groups is 1. The van der Waals surface area contributed by atoms with E-state index in [0.717, 1.165) is 64.2 Å². The van der Waals surface area contributed by atoms with Crippen molar-refractivity contribution in [3.8, 4) is 0 Å². The summed E-state index contributed by atoms with van der Waals surface area (Å²) in [4.78, 5) is 25.5. The van der Waals surface area contributed by atoms with Gasteiger partial charge in [-0.15, -0.1) is 0 Å². The van der Waals surface area contributed by atoms with Crippen LogP contribution in [0.5, 0.6) is 0 Å². The maximum Gasteiger partial charge on any atom is 0.268 e. The second kappa shape index (κ2) is 52.1. The number of allylic oxidation sites excluding steroid dienone is 9. The van der Waals surface area contributed by atoms with Crippen LogP contribution < -0.4 is 10.2 Å². The topological polar surface area (TPSA) is 108 Å². The van der Waals surface area contributed by atoms with Crippen LogP contribution >= 0.6 is 7.82 Å². The molecule has 0 fully saturated rings. The minimum Gasteiger partial charge on any atom is -0.756 e. The standard InChI is InChI=1S/C61H115N2O6P/c1-6-8-10-12-14-16-18-20-22-24-26-28-30-31-33-34-36-38-40-42-44-46-48-50-52-54-60(64)59(58-69-70(66,67)68-57-56-63(3,4)5)62-61(65)55-53-51-49-47-45-43-41-39-37-35-32-29-27-25-23-21-19-17-15-13-11-9-7-2/h19,21,25,27,32,35,44,46,52,54,59-60,64H,6-18,20,22-24,26,28-31,33-34,36-43,45,47-51,53,55-58H2,1-5H3,(H-,62,65,66,67)/b21-19-,27-25-,35-32-,46-44+,54-52+. The monoisotopic (exact) mass is 1000 g/mol. The molecule has 0 aliphatic heterocycles. The van der Waals surface area contributed by atoms with Crippen LogP contribution in [0.15, 0.2) is 60.8 Å². The summed E-state index contributed by atoms with van der Waals surface area (Å²) in [6, 6.07) is -0.911. The van der Waals surface area contributed by atoms with Gasteiger partial charge in [-0.2, -0.15) is 0 Å². The zero-order chi connectivity index (χ0) is 51.3. The van der Waals surface area contributed by atoms with Crippen LogP contribution in [-0.4, -0.2) is 68.5 Å². The van der Waals surface area contributed by atoms with Gasteiger partial charge < -0.3 is 28.8 Å². The predicted octanol–water partition coefficient (Wildman–Crippen LogP) is 17.5. The van der Waals surface area contributed by atoms with E-state index in [1.54, 1.807) is 6.08 Å². The molecule has 0 radical (unpaired) electrons. The number of nitrogens with zero attached hydrogens (tertiary/aromatic N) is 1. The molecular formula is C61H115N2O6P. The Kier molecular flexibility index (Phi) is 50.7. The first-order valence-electron chi connectivity index (χ1n) is 29.7. The summed E-state index contributed by atoms with van der Waals surface area (Å²) in [5.41, 5.74) is 0. The van der Waals surface area contributed by atoms with Gasteiger partial charge in [-0.25, -0.2) is 0 Å². The van der Waals surface area contributed by atoms with Crippen molar-refractivity contribution < 1.29 is 32.9 Å². The van der Waals surface area contributed by atoms with Crippen LogP contribution in [0.3, 0.4) is 0 Å². The van der Waals surface area contributed by atoms with Crippen molar-refractivity contribution in [2.75, 3.05) is 40.9 Å². The number of quaternary nitrogens is 1. The third kappa shape index (κ3) is 54.0. The average molecular weight is 1000 g/mol. The molecule has 70 heavy (non-hydrogen) atoms. The fourth-order valence-corrected chi connectivity index (χ4v) is 9.25. The summed E-state index contributed by atoms with van der Waals surface area (Å²) in [6.07, 6.45) is 70.2. The number of aliphatic hydroxyl groups excluding tert-OH is 1. The Morgan fingerprint density at radius 3 is 1.26 bits per heavy atom. The van der Waals surface area contributed by atoms with Gasteiger partial charge >= 0.3 is 0 Å². The molecule has 8 nitrogen and oxygen atoms in total. The Balaban J connectivity index is 4.27. The summed E-state index contributed by atoms with van der Waals surface area (Å²) in [5.74, 6) is -0.214. The summed E-state index contributed by atoms with van der Waals surface area (Å²) in [5, 5.41) is 13.9. The lowest BCUT2D eigenvalue weighted by molar-refractivity contribution is -0.870. The highest BCUT2D eigenvalue weighted by Gasteiger charge is 2.23. The maximum absolute atomic E-state index is 13.0. The van der Waals surface area contributed by atoms with Crippen molar-refractivity contribution in [2.24, 2.45) is 0 Å². The quantitative estimate of drug-likeness (QED) is 0.0272. The molecule has 1 amide bonds. The van der Waals surface area contributed by atoms with Gasteiger partial charge in [0.25, 0.3) is 7.82 Å². The van der Waals surface area contributed by atoms with Crippen molar-refractivity contribution in [1.82, 2.24) is 5.32 Å². The minimum atomic E-state index is -4.61. The highest BCUT2D eigenvalue weighted by molar-refractivity contribution is 7.45. The first kappa shape index (κ1) is 68.2. The van der Waals surface area contributed by atoms with Crippen LogP contribution in [0.25, 0.3) is 0 Å². The van der Waals surface area contributed by atoms with E-state index >= 15 is 0 Å². The summed E-state index contributed by atoms with van der Waals surface area (Å²) in [6.45, 7) is 4.63. The first-order valence-corrected chi connectivity index (χ1v) is 31.1. The molecule has 0 rings (SSSR count). The van der Waals surface area contributed by atoms with E-state index in [1.807, 2.05) is 27.2 Å². The number of phosphoric acid groups is 1. The van der Waals surface area contributed by atoms with Crippen molar-refractivity contribution in [1.29, 1.82) is 0 Å². The van der Waals surface area contributed by atoms with Gasteiger partial charge in [-0.3, -0.25) is 9.36 Å². The molecule has 0 aromatic heterocycles. The molecule has 0 aromatic carbocycles. The second-order valence-electron chi connectivity index (χ2n) is 21.3. The van der Waals surface area contributed by atoms with E-state index in [4.69, 9.17) is 9.05 Å². The third-order valence-corrected chi connectivity index (χ3v) is 14.2. The van der Waals surface area contributed by atoms with E-state index in [0.29, 0.717) is 17.4 Å². The molecule has 2 N–H and O–H groups in total. The fraction of sp³-hybridized carbons (Fsp3) is 0.820. The highest BCUT2D eigenvalue weighted by atomic mass is 31.2. The van der Waals surface area contributed by atoms with E-state index in [9.17, 15) is 19.4 Å². The molecule has 0 saturated heterocycles. The fourth-order valence-electron chi connectivity index (χ4n) is 8.53. The number of phosphoric ester groups is 1. The number of unbranched alkanes of at least 4 members (excludes halogenated alkanes) is 33. The van der Waals surface area contributed by atoms with Crippen LogP contribution in [0.4, 0.5) is 0 Å². The van der Waals surface area contributed by atoms with Gasteiger partial charge in [0, 0.05) is 6.42 Å². The Hall–Kier alpha value is -1.80. The lowest BCUT2D eigenvalue weighted by atomic mass is 10.0. The van der Waals surface area contributed by atoms with E-state index in [1.165, 1.54) is 186 Å². The molecule has 9 heteroatoms. The van der Waals surface area contributed by atoms with Crippen molar-refractivity contribution in [2.45, 2.75) is 283 Å². The van der Waals surface area contributed by atoms with E-state index in [2.05, 4.69) is 67.8 Å². The Morgan fingerprint density at radius 2 is 0.843 bits per heavy atom. The second-order valence-corrected chi connectivity index (χ2v) is 22.8. The number of nitrogens with one attached hydrogen (secondary N) is 1. The van der Waals surface area contributed by atoms with Crippen molar-refractivity contribution in [3.05, 3.63) is 60.8 Å². The summed E-state index contributed by atoms with van der Waals surface area (Å²) >= 11 is 0. The molecule has 0 heterocycles. The number of hydrogen-bond donors (Lipinski definition) is 2. The smallest absolute Gasteiger partial charge is 0.268 e. The van der Waals surface area contributed by atoms with Crippen molar-refractivity contribution in [3.63, 3.8) is 0 Å². The molecule has 0 bridgehead atoms. The average Bonchev–Trinajstić information content (AvgIpc) is 3.32. The third-order valence-electron chi connectivity index (χ3n) is 13.2. The predicted molar refractivity (Wildman–Crippen MR) is 302 cm³/mol. The van der Waals surface area contributed by atoms with Crippen LogP contribution in [-0.2, 0) is 18.4 Å². The SMILES string of the molecule is CCCCCCC/C=C\C/C=C\C/C=C\CCCCCCCCCCC(=O)NC(COP(=O)([O-])OCC[N+](C)(C)C)C(O)/C=C/CC/C=C/CCCCCCCCCCCCCCCCCCCCC. The molecular weight excluding hydrogens is 888 g/mol. The highest BCUT2D eigenvalue weighted by Crippen LogP contribution is 2.38. The number of hydrogen-bond acceptors (Lipinski definition) is 6. The van der Waals surface area contributed by atoms with Gasteiger partial charge in [-0.05, 0) is 70.6 Å². The van der Waals surface area contributed by atoms with Gasteiger partial charge in [-0.1, -0.05) is 254 Å². The zero-order valence-electron chi connectivity index (χ0n) is 46.7. The van der Waals surface area contributed by atoms with E-state index in [-0.39, 0.29) is 12.5 Å². The van der Waals surface area contributed by atoms with Gasteiger partial charge in [0.1, 0.15) is 13.2 Å². The summed E-state index contributed by atoms with van der Waals surface area (Å²) < 4.78 is 23.3. The lowest BCUT2D eigenvalue weighted by Crippen LogP contribution is -2.45. The van der Waals surface area contributed by atoms with Gasteiger partial charge in [0.15, 0.2) is 0 Å². The minimum absolute atomic E-state index is 0.00975. The molecule has 3 atom stereocenters. The molecule has 0 aliphatic carbocycles. The van der Waals surface area contributed by atoms with Crippen molar-refractivity contribution >= 4 is 13.7 Å². The number of rotatable bonds is 54. The molecule has 3 unspecified atom stereocenters. The maximum atomic E-state index is 13.0. The summed E-state index contributed by atoms with van der Waals surface area (Å²) in [7, 11) is 1.24. The number of carbonyl (C=O) groups excluding carboxylic acids is 1. The number of likely N-dealkylation sites (N-methyl/N-ethyl adjacent to an activating group) is 1. The lowest BCUT2D eigenvalue weighted by Gasteiger charge is -2.29. The molecule has 0 aliphatic rings. The molecule has 410 valence electrons. The normalized spacial score (nSPS) is 14.3.